The van der Waals surface area contributed by atoms with Gasteiger partial charge in [0.15, 0.2) is 6.16 Å². The van der Waals surface area contributed by atoms with Gasteiger partial charge >= 0.3 is 7.94 Å². The number of benzene rings is 2. The third kappa shape index (κ3) is 7.65. The van der Waals surface area contributed by atoms with Gasteiger partial charge in [-0.1, -0.05) is 107 Å². The molecule has 0 aliphatic carbocycles. The predicted molar refractivity (Wildman–Crippen MR) is 164 cm³/mol. The molecule has 0 atom stereocenters. The van der Waals surface area contributed by atoms with E-state index in [0.29, 0.717) is 13.1 Å². The van der Waals surface area contributed by atoms with Crippen molar-refractivity contribution in [2.75, 3.05) is 6.16 Å². The molecule has 0 unspecified atom stereocenters. The third-order valence-corrected chi connectivity index (χ3v) is 8.30. The predicted octanol–water partition coefficient (Wildman–Crippen LogP) is 6.67. The molecule has 2 aromatic carbocycles. The van der Waals surface area contributed by atoms with E-state index in [0.717, 1.165) is 33.4 Å². The van der Waals surface area contributed by atoms with E-state index in [2.05, 4.69) is 107 Å². The highest BCUT2D eigenvalue weighted by Crippen LogP contribution is 2.54. The molecule has 0 aliphatic rings. The van der Waals surface area contributed by atoms with Gasteiger partial charge in [0.05, 0.1) is 5.92 Å². The Morgan fingerprint density at radius 2 is 0.895 bits per heavy atom. The Hall–Kier alpha value is -1.33. The summed E-state index contributed by atoms with van der Waals surface area (Å²) >= 11 is 0. The van der Waals surface area contributed by atoms with E-state index in [4.69, 9.17) is 11.5 Å². The van der Waals surface area contributed by atoms with Crippen molar-refractivity contribution in [3.8, 4) is 0 Å². The van der Waals surface area contributed by atoms with Crippen LogP contribution in [0.25, 0.3) is 0 Å². The Kier molecular flexibility index (Phi) is 9.45. The Morgan fingerprint density at radius 1 is 0.579 bits per heavy atom. The van der Waals surface area contributed by atoms with Crippen LogP contribution in [0.2, 0.25) is 0 Å². The van der Waals surface area contributed by atoms with Crippen LogP contribution in [0.1, 0.15) is 134 Å². The third-order valence-electron chi connectivity index (χ3n) is 7.44. The van der Waals surface area contributed by atoms with E-state index < -0.39 is 13.9 Å². The molecule has 5 nitrogen and oxygen atoms in total. The van der Waals surface area contributed by atoms with Crippen LogP contribution in [0.15, 0.2) is 24.3 Å². The van der Waals surface area contributed by atoms with Gasteiger partial charge in [-0.25, -0.2) is 0 Å². The van der Waals surface area contributed by atoms with E-state index in [9.17, 15) is 14.7 Å². The minimum atomic E-state index is -4.18. The van der Waals surface area contributed by atoms with Crippen molar-refractivity contribution in [3.05, 3.63) is 68.8 Å². The van der Waals surface area contributed by atoms with Crippen LogP contribution >= 0.6 is 7.94 Å². The Labute approximate surface area is 232 Å². The van der Waals surface area contributed by atoms with Gasteiger partial charge in [-0.2, -0.15) is 14.7 Å². The smallest absolute Gasteiger partial charge is 0.326 e. The summed E-state index contributed by atoms with van der Waals surface area (Å²) in [5.74, 6) is -0.494. The first-order valence-corrected chi connectivity index (χ1v) is 15.6. The van der Waals surface area contributed by atoms with Crippen molar-refractivity contribution in [2.24, 2.45) is 11.5 Å². The SMILES string of the molecule is CC(C)(C)c1cc(CN)c(C(C[P+](O)(O)O)c2c(CN)cc(C(C)(C)C)cc2C(C)(C)C)c(C(C)(C)C)c1. The first kappa shape index (κ1) is 32.9. The largest absolute Gasteiger partial charge is 0.404 e. The summed E-state index contributed by atoms with van der Waals surface area (Å²) in [6, 6.07) is 8.81. The summed E-state index contributed by atoms with van der Waals surface area (Å²) in [4.78, 5) is 31.7. The molecule has 7 N–H and O–H groups in total. The van der Waals surface area contributed by atoms with Crippen LogP contribution in [0.3, 0.4) is 0 Å². The quantitative estimate of drug-likeness (QED) is 0.260. The molecule has 0 amide bonds. The summed E-state index contributed by atoms with van der Waals surface area (Å²) < 4.78 is 0. The highest BCUT2D eigenvalue weighted by molar-refractivity contribution is 7.58. The molecule has 0 saturated heterocycles. The van der Waals surface area contributed by atoms with Crippen molar-refractivity contribution in [1.82, 2.24) is 0 Å². The van der Waals surface area contributed by atoms with E-state index in [1.807, 2.05) is 0 Å². The van der Waals surface area contributed by atoms with Crippen molar-refractivity contribution in [1.29, 1.82) is 0 Å². The fourth-order valence-electron chi connectivity index (χ4n) is 5.27. The number of hydrogen-bond acceptors (Lipinski definition) is 5. The number of hydrogen-bond donors (Lipinski definition) is 5. The normalized spacial score (nSPS) is 13.9. The van der Waals surface area contributed by atoms with E-state index >= 15 is 0 Å². The fourth-order valence-corrected chi connectivity index (χ4v) is 6.12. The monoisotopic (exact) mass is 545 g/mol. The summed E-state index contributed by atoms with van der Waals surface area (Å²) in [6.45, 7) is 26.8. The Balaban J connectivity index is 3.20. The molecule has 0 heterocycles. The summed E-state index contributed by atoms with van der Waals surface area (Å²) in [5, 5.41) is 0. The average Bonchev–Trinajstić information content (AvgIpc) is 2.72. The second-order valence-electron chi connectivity index (χ2n) is 15.0. The molecule has 38 heavy (non-hydrogen) atoms. The standard InChI is InChI=1S/C32H54N2O3P/c1-29(2,3)22-13-20(17-33)27(25(15-22)31(7,8)9)24(19-38(35,36)37)28-21(18-34)14-23(30(4,5)6)16-26(28)32(10,11)12/h13-16,24,35-37H,17-19,33-34H2,1-12H3/q+1. The highest BCUT2D eigenvalue weighted by Gasteiger charge is 2.42. The van der Waals surface area contributed by atoms with Gasteiger partial charge in [0.2, 0.25) is 0 Å². The molecule has 0 saturated carbocycles. The molecule has 0 fully saturated rings. The lowest BCUT2D eigenvalue weighted by molar-refractivity contribution is 0.328. The fraction of sp³-hybridized carbons (Fsp3) is 0.625. The van der Waals surface area contributed by atoms with Crippen LogP contribution in [-0.4, -0.2) is 20.8 Å². The molecule has 2 rings (SSSR count). The first-order chi connectivity index (χ1) is 16.9. The molecule has 0 aromatic heterocycles. The average molecular weight is 546 g/mol. The Bertz CT molecular complexity index is 1050. The minimum absolute atomic E-state index is 0.0903. The van der Waals surface area contributed by atoms with Crippen LogP contribution < -0.4 is 11.5 Å². The van der Waals surface area contributed by atoms with Crippen LogP contribution in [-0.2, 0) is 34.7 Å². The maximum absolute atomic E-state index is 10.6. The lowest BCUT2D eigenvalue weighted by atomic mass is 9.69. The second-order valence-corrected chi connectivity index (χ2v) is 16.8. The number of rotatable bonds is 6. The van der Waals surface area contributed by atoms with Crippen LogP contribution in [0, 0.1) is 0 Å². The van der Waals surface area contributed by atoms with Gasteiger partial charge in [-0.05, 0) is 66.2 Å². The summed E-state index contributed by atoms with van der Waals surface area (Å²) in [6.07, 6.45) is -0.192. The van der Waals surface area contributed by atoms with E-state index in [1.54, 1.807) is 0 Å². The van der Waals surface area contributed by atoms with Gasteiger partial charge < -0.3 is 11.5 Å². The van der Waals surface area contributed by atoms with Crippen molar-refractivity contribution in [2.45, 2.75) is 124 Å². The number of nitrogens with two attached hydrogens (primary N) is 2. The maximum Gasteiger partial charge on any atom is 0.404 e. The zero-order valence-corrected chi connectivity index (χ0v) is 26.8. The molecule has 0 spiro atoms. The van der Waals surface area contributed by atoms with Crippen LogP contribution in [0.4, 0.5) is 0 Å². The molecular weight excluding hydrogens is 491 g/mol. The van der Waals surface area contributed by atoms with Crippen molar-refractivity contribution in [3.63, 3.8) is 0 Å². The van der Waals surface area contributed by atoms with Crippen molar-refractivity contribution >= 4 is 7.94 Å². The second kappa shape index (κ2) is 10.9. The Morgan fingerprint density at radius 3 is 1.11 bits per heavy atom. The first-order valence-electron chi connectivity index (χ1n) is 13.7. The maximum atomic E-state index is 10.6. The molecule has 0 bridgehead atoms. The van der Waals surface area contributed by atoms with Gasteiger partial charge in [0.25, 0.3) is 0 Å². The molecule has 6 heteroatoms. The topological polar surface area (TPSA) is 113 Å². The molecule has 0 radical (unpaired) electrons. The summed E-state index contributed by atoms with van der Waals surface area (Å²) in [7, 11) is -4.18. The minimum Gasteiger partial charge on any atom is -0.326 e. The molecule has 2 aromatic rings. The van der Waals surface area contributed by atoms with Gasteiger partial charge in [0.1, 0.15) is 0 Å². The molecular formula is C32H54N2O3P+. The van der Waals surface area contributed by atoms with E-state index in [1.165, 1.54) is 11.1 Å². The lowest BCUT2D eigenvalue weighted by Crippen LogP contribution is -2.28. The lowest BCUT2D eigenvalue weighted by Gasteiger charge is -2.36. The van der Waals surface area contributed by atoms with Gasteiger partial charge in [0, 0.05) is 13.1 Å². The highest BCUT2D eigenvalue weighted by atomic mass is 31.2. The van der Waals surface area contributed by atoms with E-state index in [-0.39, 0.29) is 27.8 Å². The van der Waals surface area contributed by atoms with Gasteiger partial charge in [-0.3, -0.25) is 0 Å². The summed E-state index contributed by atoms with van der Waals surface area (Å²) in [5.41, 5.74) is 20.6. The van der Waals surface area contributed by atoms with Crippen molar-refractivity contribution < 1.29 is 14.7 Å². The van der Waals surface area contributed by atoms with Crippen LogP contribution in [0.5, 0.6) is 0 Å². The van der Waals surface area contributed by atoms with Gasteiger partial charge in [-0.15, -0.1) is 0 Å². The zero-order valence-electron chi connectivity index (χ0n) is 26.0. The molecule has 0 aliphatic heterocycles. The zero-order chi connectivity index (χ0) is 29.6. The molecule has 214 valence electrons.